The molecule has 0 aromatic heterocycles. The Labute approximate surface area is 157 Å². The van der Waals surface area contributed by atoms with Crippen molar-refractivity contribution >= 4 is 40.5 Å². The minimum Gasteiger partial charge on any atom is -0.331 e. The zero-order valence-corrected chi connectivity index (χ0v) is 15.5. The van der Waals surface area contributed by atoms with Gasteiger partial charge in [0.1, 0.15) is 0 Å². The Hall–Kier alpha value is -2.11. The molecule has 2 atom stereocenters. The van der Waals surface area contributed by atoms with Crippen molar-refractivity contribution < 1.29 is 4.79 Å². The summed E-state index contributed by atoms with van der Waals surface area (Å²) in [6.45, 7) is 2.09. The van der Waals surface area contributed by atoms with E-state index in [4.69, 9.17) is 23.8 Å². The summed E-state index contributed by atoms with van der Waals surface area (Å²) in [4.78, 5) is 12.2. The molecule has 0 saturated heterocycles. The van der Waals surface area contributed by atoms with Gasteiger partial charge in [-0.15, -0.1) is 0 Å². The van der Waals surface area contributed by atoms with Crippen LogP contribution in [0.15, 0.2) is 48.5 Å². The Kier molecular flexibility index (Phi) is 5.56. The van der Waals surface area contributed by atoms with Gasteiger partial charge in [-0.3, -0.25) is 15.6 Å². The standard InChI is InChI=1S/C19H20ClN3OS/c1-2-12-5-3-4-6-17(12)21-19(25)23-22-18(24)16-11-15(16)13-7-9-14(20)10-8-13/h3-10,15-16H,2,11H2,1H3,(H,22,24)(H2,21,23,25)/t15-,16+/m1/s1. The molecule has 130 valence electrons. The fourth-order valence-corrected chi connectivity index (χ4v) is 3.17. The predicted molar refractivity (Wildman–Crippen MR) is 106 cm³/mol. The highest BCUT2D eigenvalue weighted by Crippen LogP contribution is 2.47. The quantitative estimate of drug-likeness (QED) is 0.559. The fraction of sp³-hybridized carbons (Fsp3) is 0.263. The van der Waals surface area contributed by atoms with Gasteiger partial charge in [0.15, 0.2) is 5.11 Å². The molecule has 1 aliphatic carbocycles. The molecule has 0 unspecified atom stereocenters. The molecule has 25 heavy (non-hydrogen) atoms. The lowest BCUT2D eigenvalue weighted by atomic mass is 10.1. The van der Waals surface area contributed by atoms with Gasteiger partial charge >= 0.3 is 0 Å². The number of carbonyl (C=O) groups is 1. The fourth-order valence-electron chi connectivity index (χ4n) is 2.88. The van der Waals surface area contributed by atoms with E-state index in [0.29, 0.717) is 10.1 Å². The van der Waals surface area contributed by atoms with E-state index in [-0.39, 0.29) is 17.7 Å². The highest BCUT2D eigenvalue weighted by Gasteiger charge is 2.43. The lowest BCUT2D eigenvalue weighted by Gasteiger charge is -2.14. The van der Waals surface area contributed by atoms with Crippen LogP contribution in [0.4, 0.5) is 5.69 Å². The zero-order valence-electron chi connectivity index (χ0n) is 13.9. The first kappa shape index (κ1) is 17.7. The molecule has 0 spiro atoms. The third-order valence-electron chi connectivity index (χ3n) is 4.37. The van der Waals surface area contributed by atoms with Crippen LogP contribution >= 0.6 is 23.8 Å². The van der Waals surface area contributed by atoms with Gasteiger partial charge in [0.2, 0.25) is 5.91 Å². The summed E-state index contributed by atoms with van der Waals surface area (Å²) in [5.74, 6) is 0.175. The predicted octanol–water partition coefficient (Wildman–Crippen LogP) is 4.02. The van der Waals surface area contributed by atoms with Gasteiger partial charge in [0.25, 0.3) is 0 Å². The van der Waals surface area contributed by atoms with Crippen molar-refractivity contribution in [3.63, 3.8) is 0 Å². The molecular weight excluding hydrogens is 354 g/mol. The molecule has 0 heterocycles. The molecule has 1 fully saturated rings. The number of nitrogens with one attached hydrogen (secondary N) is 3. The molecule has 6 heteroatoms. The number of hydrazine groups is 1. The van der Waals surface area contributed by atoms with Gasteiger partial charge in [-0.05, 0) is 60.3 Å². The molecule has 0 radical (unpaired) electrons. The first-order chi connectivity index (χ1) is 12.1. The second kappa shape index (κ2) is 7.85. The highest BCUT2D eigenvalue weighted by molar-refractivity contribution is 7.80. The average Bonchev–Trinajstić information content (AvgIpc) is 3.41. The average molecular weight is 374 g/mol. The Morgan fingerprint density at radius 1 is 1.16 bits per heavy atom. The van der Waals surface area contributed by atoms with Crippen molar-refractivity contribution in [2.24, 2.45) is 5.92 Å². The Morgan fingerprint density at radius 3 is 2.60 bits per heavy atom. The minimum atomic E-state index is -0.0483. The highest BCUT2D eigenvalue weighted by atomic mass is 35.5. The molecule has 4 nitrogen and oxygen atoms in total. The number of rotatable bonds is 4. The summed E-state index contributed by atoms with van der Waals surface area (Å²) in [6.07, 6.45) is 1.75. The maximum atomic E-state index is 12.2. The number of benzene rings is 2. The molecule has 0 bridgehead atoms. The van der Waals surface area contributed by atoms with Crippen LogP contribution in [0.3, 0.4) is 0 Å². The van der Waals surface area contributed by atoms with Gasteiger partial charge in [-0.2, -0.15) is 0 Å². The number of anilines is 1. The zero-order chi connectivity index (χ0) is 17.8. The molecule has 3 N–H and O–H groups in total. The van der Waals surface area contributed by atoms with Crippen molar-refractivity contribution in [1.82, 2.24) is 10.9 Å². The van der Waals surface area contributed by atoms with Crippen LogP contribution in [0.5, 0.6) is 0 Å². The Balaban J connectivity index is 1.48. The molecule has 2 aromatic rings. The topological polar surface area (TPSA) is 53.2 Å². The molecular formula is C19H20ClN3OS. The van der Waals surface area contributed by atoms with Crippen LogP contribution in [0.1, 0.15) is 30.4 Å². The maximum Gasteiger partial charge on any atom is 0.242 e. The smallest absolute Gasteiger partial charge is 0.242 e. The van der Waals surface area contributed by atoms with E-state index < -0.39 is 0 Å². The SMILES string of the molecule is CCc1ccccc1NC(=S)NNC(=O)[C@H]1C[C@@H]1c1ccc(Cl)cc1. The van der Waals surface area contributed by atoms with E-state index in [9.17, 15) is 4.79 Å². The van der Waals surface area contributed by atoms with Crippen LogP contribution in [0.25, 0.3) is 0 Å². The lowest BCUT2D eigenvalue weighted by Crippen LogP contribution is -2.44. The van der Waals surface area contributed by atoms with Crippen LogP contribution in [-0.4, -0.2) is 11.0 Å². The third kappa shape index (κ3) is 4.50. The largest absolute Gasteiger partial charge is 0.331 e. The molecule has 1 amide bonds. The summed E-state index contributed by atoms with van der Waals surface area (Å²) in [6, 6.07) is 15.6. The van der Waals surface area contributed by atoms with E-state index in [2.05, 4.69) is 23.1 Å². The van der Waals surface area contributed by atoms with Crippen LogP contribution in [0, 0.1) is 5.92 Å². The van der Waals surface area contributed by atoms with Crippen LogP contribution in [0.2, 0.25) is 5.02 Å². The normalized spacial score (nSPS) is 18.3. The second-order valence-electron chi connectivity index (χ2n) is 6.08. The molecule has 1 saturated carbocycles. The lowest BCUT2D eigenvalue weighted by molar-refractivity contribution is -0.122. The number of halogens is 1. The van der Waals surface area contributed by atoms with Gasteiger partial charge in [0.05, 0.1) is 0 Å². The summed E-state index contributed by atoms with van der Waals surface area (Å²) >= 11 is 11.2. The van der Waals surface area contributed by atoms with Crippen molar-refractivity contribution in [1.29, 1.82) is 0 Å². The summed E-state index contributed by atoms with van der Waals surface area (Å²) in [7, 11) is 0. The molecule has 3 rings (SSSR count). The first-order valence-electron chi connectivity index (χ1n) is 8.28. The molecule has 1 aliphatic rings. The van der Waals surface area contributed by atoms with Crippen LogP contribution in [-0.2, 0) is 11.2 Å². The van der Waals surface area contributed by atoms with E-state index in [0.717, 1.165) is 24.1 Å². The number of para-hydroxylation sites is 1. The number of hydrogen-bond acceptors (Lipinski definition) is 2. The van der Waals surface area contributed by atoms with Crippen molar-refractivity contribution in [3.8, 4) is 0 Å². The number of thiocarbonyl (C=S) groups is 1. The summed E-state index contributed by atoms with van der Waals surface area (Å²) < 4.78 is 0. The van der Waals surface area contributed by atoms with E-state index in [1.165, 1.54) is 5.56 Å². The van der Waals surface area contributed by atoms with Gasteiger partial charge < -0.3 is 5.32 Å². The van der Waals surface area contributed by atoms with E-state index in [1.807, 2.05) is 48.5 Å². The molecule has 0 aliphatic heterocycles. The van der Waals surface area contributed by atoms with Crippen molar-refractivity contribution in [2.45, 2.75) is 25.7 Å². The monoisotopic (exact) mass is 373 g/mol. The maximum absolute atomic E-state index is 12.2. The van der Waals surface area contributed by atoms with Gasteiger partial charge in [-0.25, -0.2) is 0 Å². The van der Waals surface area contributed by atoms with Crippen molar-refractivity contribution in [3.05, 3.63) is 64.7 Å². The number of amides is 1. The third-order valence-corrected chi connectivity index (χ3v) is 4.83. The molecule has 2 aromatic carbocycles. The number of carbonyl (C=O) groups excluding carboxylic acids is 1. The Morgan fingerprint density at radius 2 is 1.88 bits per heavy atom. The van der Waals surface area contributed by atoms with Crippen LogP contribution < -0.4 is 16.2 Å². The van der Waals surface area contributed by atoms with Crippen molar-refractivity contribution in [2.75, 3.05) is 5.32 Å². The summed E-state index contributed by atoms with van der Waals surface area (Å²) in [5.41, 5.74) is 8.74. The summed E-state index contributed by atoms with van der Waals surface area (Å²) in [5, 5.41) is 4.19. The minimum absolute atomic E-state index is 0.0283. The number of aryl methyl sites for hydroxylation is 1. The Bertz CT molecular complexity index is 778. The van der Waals surface area contributed by atoms with Gasteiger partial charge in [0, 0.05) is 16.6 Å². The first-order valence-corrected chi connectivity index (χ1v) is 9.07. The second-order valence-corrected chi connectivity index (χ2v) is 6.92. The van der Waals surface area contributed by atoms with E-state index in [1.54, 1.807) is 0 Å². The number of hydrogen-bond donors (Lipinski definition) is 3. The van der Waals surface area contributed by atoms with Gasteiger partial charge in [-0.1, -0.05) is 48.9 Å². The van der Waals surface area contributed by atoms with E-state index >= 15 is 0 Å².